The smallest absolute Gasteiger partial charge is 0.186 e. The third-order valence-corrected chi connectivity index (χ3v) is 7.45. The Balaban J connectivity index is 1.48. The van der Waals surface area contributed by atoms with Crippen LogP contribution in [0, 0.1) is 6.92 Å². The van der Waals surface area contributed by atoms with E-state index >= 15 is 4.39 Å². The number of nitrogens with one attached hydrogen (secondary N) is 1. The summed E-state index contributed by atoms with van der Waals surface area (Å²) in [6.45, 7) is 10.1. The summed E-state index contributed by atoms with van der Waals surface area (Å²) < 4.78 is 18.5. The normalized spacial score (nSPS) is 22.5. The second-order valence-corrected chi connectivity index (χ2v) is 11.1. The lowest BCUT2D eigenvalue weighted by molar-refractivity contribution is 0.0568. The van der Waals surface area contributed by atoms with Gasteiger partial charge < -0.3 is 14.6 Å². The fraction of sp³-hybridized carbons (Fsp3) is 0.458. The number of alkyl halides is 1. The van der Waals surface area contributed by atoms with E-state index in [-0.39, 0.29) is 11.6 Å². The average molecular weight is 453 g/mol. The molecule has 0 unspecified atom stereocenters. The number of nitrogens with zero attached hydrogens (tertiary/aromatic N) is 5. The molecule has 0 amide bonds. The van der Waals surface area contributed by atoms with Crippen LogP contribution in [0.3, 0.4) is 0 Å². The Labute approximate surface area is 191 Å². The highest BCUT2D eigenvalue weighted by Gasteiger charge is 2.48. The Hall–Kier alpha value is -2.58. The van der Waals surface area contributed by atoms with Crippen molar-refractivity contribution in [3.8, 4) is 11.3 Å². The van der Waals surface area contributed by atoms with Gasteiger partial charge in [0, 0.05) is 36.1 Å². The molecule has 6 nitrogen and oxygen atoms in total. The highest BCUT2D eigenvalue weighted by molar-refractivity contribution is 7.22. The van der Waals surface area contributed by atoms with Crippen molar-refractivity contribution < 1.29 is 4.39 Å². The molecule has 32 heavy (non-hydrogen) atoms. The molecule has 4 aromatic heterocycles. The minimum atomic E-state index is -1.01. The maximum absolute atomic E-state index is 15.4. The lowest BCUT2D eigenvalue weighted by atomic mass is 9.77. The zero-order valence-electron chi connectivity index (χ0n) is 19.3. The third kappa shape index (κ3) is 3.65. The number of hydrogen-bond acceptors (Lipinski definition) is 6. The van der Waals surface area contributed by atoms with Gasteiger partial charge in [0.25, 0.3) is 0 Å². The monoisotopic (exact) mass is 452 g/mol. The summed E-state index contributed by atoms with van der Waals surface area (Å²) in [5.41, 5.74) is 3.89. The van der Waals surface area contributed by atoms with E-state index in [1.54, 1.807) is 11.3 Å². The number of halogens is 1. The molecule has 4 aromatic rings. The molecule has 1 fully saturated rings. The Morgan fingerprint density at radius 2 is 1.97 bits per heavy atom. The van der Waals surface area contributed by atoms with Gasteiger partial charge in [0.05, 0.1) is 28.3 Å². The maximum atomic E-state index is 15.4. The maximum Gasteiger partial charge on any atom is 0.186 e. The summed E-state index contributed by atoms with van der Waals surface area (Å²) in [6.07, 6.45) is 5.56. The number of piperidine rings is 1. The van der Waals surface area contributed by atoms with Gasteiger partial charge in [-0.25, -0.2) is 14.4 Å². The van der Waals surface area contributed by atoms with Crippen molar-refractivity contribution in [1.82, 2.24) is 24.7 Å². The first kappa shape index (κ1) is 21.3. The first-order valence-corrected chi connectivity index (χ1v) is 11.7. The lowest BCUT2D eigenvalue weighted by Gasteiger charge is -2.51. The first-order valence-electron chi connectivity index (χ1n) is 10.9. The van der Waals surface area contributed by atoms with Crippen LogP contribution < -0.4 is 10.2 Å². The van der Waals surface area contributed by atoms with E-state index in [4.69, 9.17) is 4.98 Å². The van der Waals surface area contributed by atoms with Gasteiger partial charge in [-0.05, 0) is 59.2 Å². The number of aromatic nitrogens is 4. The zero-order valence-corrected chi connectivity index (χ0v) is 20.2. The van der Waals surface area contributed by atoms with Crippen molar-refractivity contribution in [2.45, 2.75) is 64.3 Å². The molecule has 5 rings (SSSR count). The Bertz CT molecular complexity index is 1310. The number of hydrogen-bond donors (Lipinski definition) is 1. The van der Waals surface area contributed by atoms with Crippen LogP contribution in [0.5, 0.6) is 0 Å². The Morgan fingerprint density at radius 3 is 2.75 bits per heavy atom. The molecule has 0 bridgehead atoms. The van der Waals surface area contributed by atoms with Gasteiger partial charge in [0.15, 0.2) is 5.13 Å². The number of pyridine rings is 2. The van der Waals surface area contributed by atoms with E-state index in [9.17, 15) is 0 Å². The standard InChI is InChI=1S/C24H29FN6S/c1-14-12-31-13-15(7-8-20(31)27-14)16-9-19-17(11-26-16)28-22(32-19)30(6)18-10-23(2,3)29-24(4,5)21(18)25/h7-9,11-13,18,21,29H,10H2,1-6H3/t18-,21-/m1/s1. The second kappa shape index (κ2) is 7.22. The molecule has 8 heteroatoms. The van der Waals surface area contributed by atoms with Crippen LogP contribution >= 0.6 is 11.3 Å². The summed E-state index contributed by atoms with van der Waals surface area (Å²) in [5.74, 6) is 0. The van der Waals surface area contributed by atoms with Gasteiger partial charge in [-0.2, -0.15) is 0 Å². The van der Waals surface area contributed by atoms with E-state index in [0.29, 0.717) is 6.42 Å². The number of rotatable bonds is 3. The number of aryl methyl sites for hydroxylation is 1. The summed E-state index contributed by atoms with van der Waals surface area (Å²) in [7, 11) is 1.95. The van der Waals surface area contributed by atoms with Gasteiger partial charge in [-0.15, -0.1) is 0 Å². The first-order chi connectivity index (χ1) is 15.0. The predicted octanol–water partition coefficient (Wildman–Crippen LogP) is 5.01. The number of fused-ring (bicyclic) bond motifs is 2. The molecule has 1 aliphatic heterocycles. The topological polar surface area (TPSA) is 58.4 Å². The van der Waals surface area contributed by atoms with Crippen molar-refractivity contribution in [2.24, 2.45) is 0 Å². The summed E-state index contributed by atoms with van der Waals surface area (Å²) in [5, 5.41) is 4.27. The predicted molar refractivity (Wildman–Crippen MR) is 129 cm³/mol. The van der Waals surface area contributed by atoms with Crippen LogP contribution in [-0.2, 0) is 0 Å². The fourth-order valence-electron chi connectivity index (χ4n) is 4.97. The highest BCUT2D eigenvalue weighted by atomic mass is 32.1. The van der Waals surface area contributed by atoms with Crippen LogP contribution in [0.2, 0.25) is 0 Å². The van der Waals surface area contributed by atoms with Crippen LogP contribution in [0.25, 0.3) is 27.1 Å². The molecular weight excluding hydrogens is 423 g/mol. The van der Waals surface area contributed by atoms with Crippen LogP contribution in [0.1, 0.15) is 39.8 Å². The minimum Gasteiger partial charge on any atom is -0.345 e. The summed E-state index contributed by atoms with van der Waals surface area (Å²) in [6, 6.07) is 5.86. The van der Waals surface area contributed by atoms with Gasteiger partial charge in [0.2, 0.25) is 0 Å². The minimum absolute atomic E-state index is 0.152. The van der Waals surface area contributed by atoms with Crippen LogP contribution in [0.4, 0.5) is 9.52 Å². The molecule has 2 atom stereocenters. The molecule has 1 aliphatic rings. The molecule has 0 radical (unpaired) electrons. The van der Waals surface area contributed by atoms with Gasteiger partial charge in [-0.3, -0.25) is 4.98 Å². The molecule has 168 valence electrons. The average Bonchev–Trinajstić information content (AvgIpc) is 3.30. The molecule has 1 N–H and O–H groups in total. The van der Waals surface area contributed by atoms with Crippen molar-refractivity contribution in [1.29, 1.82) is 0 Å². The lowest BCUT2D eigenvalue weighted by Crippen LogP contribution is -2.68. The quantitative estimate of drug-likeness (QED) is 0.474. The summed E-state index contributed by atoms with van der Waals surface area (Å²) in [4.78, 5) is 15.9. The van der Waals surface area contributed by atoms with Crippen LogP contribution in [-0.4, -0.2) is 49.7 Å². The molecule has 0 spiro atoms. The van der Waals surface area contributed by atoms with Crippen LogP contribution in [0.15, 0.2) is 36.8 Å². The molecule has 0 saturated carbocycles. The third-order valence-electron chi connectivity index (χ3n) is 6.34. The van der Waals surface area contributed by atoms with Gasteiger partial charge >= 0.3 is 0 Å². The molecule has 0 aliphatic carbocycles. The van der Waals surface area contributed by atoms with E-state index < -0.39 is 11.7 Å². The molecule has 0 aromatic carbocycles. The number of imidazole rings is 1. The fourth-order valence-corrected chi connectivity index (χ4v) is 5.97. The number of anilines is 1. The van der Waals surface area contributed by atoms with Crippen molar-refractivity contribution in [3.05, 3.63) is 42.5 Å². The zero-order chi connectivity index (χ0) is 22.8. The summed E-state index contributed by atoms with van der Waals surface area (Å²) >= 11 is 1.59. The Morgan fingerprint density at radius 1 is 1.19 bits per heavy atom. The largest absolute Gasteiger partial charge is 0.345 e. The number of thiazole rings is 1. The van der Waals surface area contributed by atoms with E-state index in [1.807, 2.05) is 67.8 Å². The second-order valence-electron chi connectivity index (χ2n) is 10.1. The van der Waals surface area contributed by atoms with E-state index in [2.05, 4.69) is 35.2 Å². The molecule has 5 heterocycles. The van der Waals surface area contributed by atoms with E-state index in [1.165, 1.54) is 0 Å². The van der Waals surface area contributed by atoms with Crippen molar-refractivity contribution in [2.75, 3.05) is 11.9 Å². The SMILES string of the molecule is Cc1cn2cc(-c3cc4sc(N(C)[C@@H]5CC(C)(C)NC(C)(C)[C@@H]5F)nc4cn3)ccc2n1. The van der Waals surface area contributed by atoms with Crippen molar-refractivity contribution >= 4 is 32.3 Å². The van der Waals surface area contributed by atoms with Gasteiger partial charge in [-0.1, -0.05) is 11.3 Å². The molecular formula is C24H29FN6S. The Kier molecular flexibility index (Phi) is 4.80. The van der Waals surface area contributed by atoms with Crippen molar-refractivity contribution in [3.63, 3.8) is 0 Å². The van der Waals surface area contributed by atoms with E-state index in [0.717, 1.165) is 37.9 Å². The highest BCUT2D eigenvalue weighted by Crippen LogP contribution is 2.38. The molecule has 1 saturated heterocycles. The van der Waals surface area contributed by atoms with Gasteiger partial charge in [0.1, 0.15) is 17.3 Å².